The number of nitrogens with one attached hydrogen (secondary N) is 2. The van der Waals surface area contributed by atoms with Crippen molar-refractivity contribution in [2.45, 2.75) is 18.9 Å². The van der Waals surface area contributed by atoms with Crippen LogP contribution in [0, 0.1) is 5.82 Å². The molecule has 0 spiro atoms. The highest BCUT2D eigenvalue weighted by atomic mass is 32.2. The number of halogens is 1. The first kappa shape index (κ1) is 13.4. The molecule has 2 N–H and O–H groups in total. The molecule has 1 fully saturated rings. The predicted octanol–water partition coefficient (Wildman–Crippen LogP) is 2.25. The Bertz CT molecular complexity index is 390. The molecule has 98 valence electrons. The van der Waals surface area contributed by atoms with Gasteiger partial charge in [-0.25, -0.2) is 4.39 Å². The number of carbonyl (C=O) groups excluding carboxylic acids is 1. The average Bonchev–Trinajstić information content (AvgIpc) is 2.40. The van der Waals surface area contributed by atoms with Crippen LogP contribution in [0.15, 0.2) is 24.3 Å². The van der Waals surface area contributed by atoms with Gasteiger partial charge in [0.25, 0.3) is 0 Å². The summed E-state index contributed by atoms with van der Waals surface area (Å²) in [7, 11) is 0. The largest absolute Gasteiger partial charge is 0.325 e. The molecule has 1 aliphatic rings. The molecule has 0 atom stereocenters. The van der Waals surface area contributed by atoms with E-state index in [2.05, 4.69) is 10.6 Å². The van der Waals surface area contributed by atoms with E-state index in [1.807, 2.05) is 11.8 Å². The maximum atomic E-state index is 12.7. The second kappa shape index (κ2) is 6.75. The van der Waals surface area contributed by atoms with Crippen LogP contribution in [-0.2, 0) is 4.79 Å². The Labute approximate surface area is 111 Å². The Balaban J connectivity index is 1.73. The van der Waals surface area contributed by atoms with Crippen LogP contribution in [0.2, 0.25) is 0 Å². The molecular weight excluding hydrogens is 251 g/mol. The third-order valence-corrected chi connectivity index (χ3v) is 3.95. The molecule has 18 heavy (non-hydrogen) atoms. The second-order valence-corrected chi connectivity index (χ2v) is 5.55. The molecule has 1 heterocycles. The van der Waals surface area contributed by atoms with Crippen LogP contribution in [0.5, 0.6) is 0 Å². The zero-order valence-electron chi connectivity index (χ0n) is 10.1. The normalized spacial score (nSPS) is 16.5. The molecule has 0 saturated carbocycles. The third kappa shape index (κ3) is 4.31. The summed E-state index contributed by atoms with van der Waals surface area (Å²) < 4.78 is 12.7. The van der Waals surface area contributed by atoms with E-state index in [9.17, 15) is 9.18 Å². The molecule has 2 rings (SSSR count). The van der Waals surface area contributed by atoms with E-state index in [-0.39, 0.29) is 11.7 Å². The highest BCUT2D eigenvalue weighted by molar-refractivity contribution is 7.99. The molecular formula is C13H17FN2OS. The summed E-state index contributed by atoms with van der Waals surface area (Å²) in [5.41, 5.74) is 0.627. The van der Waals surface area contributed by atoms with Gasteiger partial charge in [-0.1, -0.05) is 0 Å². The monoisotopic (exact) mass is 268 g/mol. The third-order valence-electron chi connectivity index (χ3n) is 2.90. The van der Waals surface area contributed by atoms with Crippen LogP contribution >= 0.6 is 11.8 Å². The molecule has 1 aliphatic heterocycles. The van der Waals surface area contributed by atoms with Gasteiger partial charge >= 0.3 is 0 Å². The van der Waals surface area contributed by atoms with Gasteiger partial charge in [0.2, 0.25) is 5.91 Å². The van der Waals surface area contributed by atoms with Crippen molar-refractivity contribution in [3.05, 3.63) is 30.1 Å². The van der Waals surface area contributed by atoms with Crippen molar-refractivity contribution in [1.82, 2.24) is 5.32 Å². The first-order valence-electron chi connectivity index (χ1n) is 6.10. The van der Waals surface area contributed by atoms with E-state index in [4.69, 9.17) is 0 Å². The van der Waals surface area contributed by atoms with Crippen LogP contribution < -0.4 is 10.6 Å². The van der Waals surface area contributed by atoms with Crippen molar-refractivity contribution in [1.29, 1.82) is 0 Å². The first-order chi connectivity index (χ1) is 8.74. The van der Waals surface area contributed by atoms with E-state index in [0.29, 0.717) is 18.3 Å². The van der Waals surface area contributed by atoms with Crippen molar-refractivity contribution in [2.75, 3.05) is 23.4 Å². The van der Waals surface area contributed by atoms with Crippen molar-refractivity contribution < 1.29 is 9.18 Å². The maximum Gasteiger partial charge on any atom is 0.238 e. The second-order valence-electron chi connectivity index (χ2n) is 4.32. The number of rotatable bonds is 4. The van der Waals surface area contributed by atoms with E-state index in [1.54, 1.807) is 12.1 Å². The molecule has 5 heteroatoms. The van der Waals surface area contributed by atoms with Crippen molar-refractivity contribution in [2.24, 2.45) is 0 Å². The maximum absolute atomic E-state index is 12.7. The number of anilines is 1. The summed E-state index contributed by atoms with van der Waals surface area (Å²) in [6.45, 7) is 0.312. The summed E-state index contributed by atoms with van der Waals surface area (Å²) in [5, 5.41) is 5.99. The molecule has 1 aromatic rings. The summed E-state index contributed by atoms with van der Waals surface area (Å²) >= 11 is 1.96. The molecule has 0 unspecified atom stereocenters. The van der Waals surface area contributed by atoms with Crippen molar-refractivity contribution >= 4 is 23.4 Å². The Hall–Kier alpha value is -1.07. The highest BCUT2D eigenvalue weighted by Crippen LogP contribution is 2.16. The number of hydrogen-bond acceptors (Lipinski definition) is 3. The Morgan fingerprint density at radius 3 is 2.61 bits per heavy atom. The van der Waals surface area contributed by atoms with Crippen molar-refractivity contribution in [3.8, 4) is 0 Å². The summed E-state index contributed by atoms with van der Waals surface area (Å²) in [4.78, 5) is 11.7. The van der Waals surface area contributed by atoms with E-state index in [0.717, 1.165) is 24.3 Å². The summed E-state index contributed by atoms with van der Waals surface area (Å²) in [6.07, 6.45) is 2.24. The Kier molecular flexibility index (Phi) is 5.01. The van der Waals surface area contributed by atoms with Gasteiger partial charge in [0.1, 0.15) is 5.82 Å². The van der Waals surface area contributed by atoms with Crippen molar-refractivity contribution in [3.63, 3.8) is 0 Å². The van der Waals surface area contributed by atoms with Gasteiger partial charge < -0.3 is 10.6 Å². The summed E-state index contributed by atoms with van der Waals surface area (Å²) in [6, 6.07) is 6.24. The molecule has 1 amide bonds. The first-order valence-corrected chi connectivity index (χ1v) is 7.26. The molecule has 0 bridgehead atoms. The Morgan fingerprint density at radius 1 is 1.28 bits per heavy atom. The molecule has 3 nitrogen and oxygen atoms in total. The average molecular weight is 268 g/mol. The lowest BCUT2D eigenvalue weighted by atomic mass is 10.1. The number of benzene rings is 1. The van der Waals surface area contributed by atoms with Gasteiger partial charge in [-0.3, -0.25) is 4.79 Å². The van der Waals surface area contributed by atoms with Crippen LogP contribution in [0.25, 0.3) is 0 Å². The predicted molar refractivity (Wildman–Crippen MR) is 73.4 cm³/mol. The minimum absolute atomic E-state index is 0.0835. The SMILES string of the molecule is O=C(CNC1CCSCC1)Nc1ccc(F)cc1. The van der Waals surface area contributed by atoms with Gasteiger partial charge in [0.15, 0.2) is 0 Å². The number of carbonyl (C=O) groups is 1. The molecule has 0 radical (unpaired) electrons. The molecule has 1 saturated heterocycles. The number of hydrogen-bond donors (Lipinski definition) is 2. The number of thioether (sulfide) groups is 1. The van der Waals surface area contributed by atoms with Gasteiger partial charge in [-0.15, -0.1) is 0 Å². The zero-order valence-corrected chi connectivity index (χ0v) is 10.9. The van der Waals surface area contributed by atoms with E-state index < -0.39 is 0 Å². The summed E-state index contributed by atoms with van der Waals surface area (Å²) in [5.74, 6) is 1.94. The fraction of sp³-hybridized carbons (Fsp3) is 0.462. The number of amides is 1. The quantitative estimate of drug-likeness (QED) is 0.880. The zero-order chi connectivity index (χ0) is 12.8. The lowest BCUT2D eigenvalue weighted by Gasteiger charge is -2.22. The van der Waals surface area contributed by atoms with Crippen LogP contribution in [-0.4, -0.2) is 30.0 Å². The van der Waals surface area contributed by atoms with Crippen LogP contribution in [0.3, 0.4) is 0 Å². The van der Waals surface area contributed by atoms with Gasteiger partial charge in [-0.05, 0) is 48.6 Å². The molecule has 0 aliphatic carbocycles. The molecule has 1 aromatic carbocycles. The lowest BCUT2D eigenvalue weighted by Crippen LogP contribution is -2.38. The van der Waals surface area contributed by atoms with Crippen LogP contribution in [0.4, 0.5) is 10.1 Å². The minimum Gasteiger partial charge on any atom is -0.325 e. The highest BCUT2D eigenvalue weighted by Gasteiger charge is 2.14. The van der Waals surface area contributed by atoms with Gasteiger partial charge in [0, 0.05) is 11.7 Å². The fourth-order valence-electron chi connectivity index (χ4n) is 1.88. The topological polar surface area (TPSA) is 41.1 Å². The van der Waals surface area contributed by atoms with E-state index >= 15 is 0 Å². The van der Waals surface area contributed by atoms with Gasteiger partial charge in [-0.2, -0.15) is 11.8 Å². The standard InChI is InChI=1S/C13H17FN2OS/c14-10-1-3-12(4-2-10)16-13(17)9-15-11-5-7-18-8-6-11/h1-4,11,15H,5-9H2,(H,16,17). The molecule has 0 aromatic heterocycles. The minimum atomic E-state index is -0.300. The van der Waals surface area contributed by atoms with Gasteiger partial charge in [0.05, 0.1) is 6.54 Å². The van der Waals surface area contributed by atoms with E-state index in [1.165, 1.54) is 12.1 Å². The fourth-order valence-corrected chi connectivity index (χ4v) is 2.98. The Morgan fingerprint density at radius 2 is 1.94 bits per heavy atom. The van der Waals surface area contributed by atoms with Crippen LogP contribution in [0.1, 0.15) is 12.8 Å². The smallest absolute Gasteiger partial charge is 0.238 e. The lowest BCUT2D eigenvalue weighted by molar-refractivity contribution is -0.115.